The van der Waals surface area contributed by atoms with Gasteiger partial charge < -0.3 is 13.6 Å². The van der Waals surface area contributed by atoms with E-state index in [1.165, 1.54) is 108 Å². The summed E-state index contributed by atoms with van der Waals surface area (Å²) in [5.41, 5.74) is 17.7. The van der Waals surface area contributed by atoms with Gasteiger partial charge in [0, 0.05) is 63.9 Å². The van der Waals surface area contributed by atoms with Gasteiger partial charge in [-0.05, 0) is 156 Å². The summed E-state index contributed by atoms with van der Waals surface area (Å²) >= 11 is 1.88. The molecule has 310 valence electrons. The van der Waals surface area contributed by atoms with Crippen molar-refractivity contribution in [1.82, 2.24) is 9.13 Å². The van der Waals surface area contributed by atoms with Crippen molar-refractivity contribution in [3.05, 3.63) is 229 Å². The highest BCUT2D eigenvalue weighted by Gasteiger charge is 2.17. The van der Waals surface area contributed by atoms with Crippen LogP contribution in [-0.2, 0) is 6.42 Å². The lowest BCUT2D eigenvalue weighted by molar-refractivity contribution is 0.669. The number of hydrogen-bond donors (Lipinski definition) is 0. The van der Waals surface area contributed by atoms with Crippen LogP contribution in [0.4, 0.5) is 0 Å². The molecule has 66 heavy (non-hydrogen) atoms. The molecule has 4 aromatic heterocycles. The number of thiophene rings is 1. The Kier molecular flexibility index (Phi) is 8.13. The zero-order chi connectivity index (χ0) is 43.5. The van der Waals surface area contributed by atoms with Crippen molar-refractivity contribution in [2.45, 2.75) is 13.3 Å². The fraction of sp³-hybridized carbons (Fsp3) is 0.0323. The van der Waals surface area contributed by atoms with Crippen molar-refractivity contribution >= 4 is 97.1 Å². The van der Waals surface area contributed by atoms with Crippen LogP contribution in [0.3, 0.4) is 0 Å². The van der Waals surface area contributed by atoms with Crippen LogP contribution >= 0.6 is 11.3 Å². The van der Waals surface area contributed by atoms with Crippen molar-refractivity contribution in [2.24, 2.45) is 0 Å². The highest BCUT2D eigenvalue weighted by molar-refractivity contribution is 7.25. The van der Waals surface area contributed by atoms with Gasteiger partial charge in [-0.1, -0.05) is 109 Å². The summed E-state index contributed by atoms with van der Waals surface area (Å²) < 4.78 is 13.6. The van der Waals surface area contributed by atoms with E-state index in [2.05, 4.69) is 228 Å². The molecule has 4 heteroatoms. The van der Waals surface area contributed by atoms with Crippen molar-refractivity contribution in [3.8, 4) is 33.6 Å². The maximum absolute atomic E-state index is 6.19. The molecule has 0 fully saturated rings. The van der Waals surface area contributed by atoms with Crippen LogP contribution in [0.5, 0.6) is 0 Å². The van der Waals surface area contributed by atoms with Gasteiger partial charge in [0.15, 0.2) is 0 Å². The third-order valence-electron chi connectivity index (χ3n) is 13.8. The van der Waals surface area contributed by atoms with Crippen LogP contribution in [0.1, 0.15) is 16.7 Å². The largest absolute Gasteiger partial charge is 0.456 e. The van der Waals surface area contributed by atoms with Gasteiger partial charge in [0.2, 0.25) is 0 Å². The van der Waals surface area contributed by atoms with Crippen LogP contribution in [0.2, 0.25) is 0 Å². The number of para-hydroxylation sites is 3. The summed E-state index contributed by atoms with van der Waals surface area (Å²) in [6.07, 6.45) is 0.863. The minimum Gasteiger partial charge on any atom is -0.456 e. The molecule has 0 saturated carbocycles. The first-order valence-electron chi connectivity index (χ1n) is 22.7. The Morgan fingerprint density at radius 3 is 1.48 bits per heavy atom. The molecular formula is C62H40N2OS. The van der Waals surface area contributed by atoms with Crippen LogP contribution < -0.4 is 0 Å². The van der Waals surface area contributed by atoms with Crippen LogP contribution in [0.15, 0.2) is 217 Å². The molecule has 0 atom stereocenters. The third kappa shape index (κ3) is 5.82. The topological polar surface area (TPSA) is 23.0 Å². The summed E-state index contributed by atoms with van der Waals surface area (Å²) in [4.78, 5) is 0. The Labute approximate surface area is 384 Å². The molecule has 0 amide bonds. The standard InChI is InChI=1S/C62H40N2OS/c1-38-15-27-59-51(31-38)52-36-43(21-28-60(52)65-59)41-19-26-58-50(34-41)48-12-6-8-14-56(48)64(58)46-23-16-39(17-24-46)32-40-18-29-61-53(33-40)54-37-44(22-30-62(54)66-61)42-20-25-57-49(35-42)47-11-5-7-13-55(47)63(57)45-9-3-2-4-10-45/h2-31,33-37H,32H2,1H3. The maximum Gasteiger partial charge on any atom is 0.135 e. The normalized spacial score (nSPS) is 12.1. The number of nitrogens with zero attached hydrogens (tertiary/aromatic N) is 2. The fourth-order valence-corrected chi connectivity index (χ4v) is 11.7. The highest BCUT2D eigenvalue weighted by Crippen LogP contribution is 2.41. The molecule has 0 unspecified atom stereocenters. The first kappa shape index (κ1) is 37.2. The maximum atomic E-state index is 6.19. The zero-order valence-electron chi connectivity index (χ0n) is 36.1. The van der Waals surface area contributed by atoms with Gasteiger partial charge in [-0.15, -0.1) is 11.3 Å². The monoisotopic (exact) mass is 860 g/mol. The van der Waals surface area contributed by atoms with Gasteiger partial charge >= 0.3 is 0 Å². The van der Waals surface area contributed by atoms with Crippen LogP contribution in [0, 0.1) is 6.92 Å². The van der Waals surface area contributed by atoms with Crippen molar-refractivity contribution < 1.29 is 4.42 Å². The highest BCUT2D eigenvalue weighted by atomic mass is 32.1. The average Bonchev–Trinajstić information content (AvgIpc) is 4.11. The smallest absolute Gasteiger partial charge is 0.135 e. The Bertz CT molecular complexity index is 4260. The molecule has 10 aromatic carbocycles. The number of hydrogen-bond acceptors (Lipinski definition) is 2. The Morgan fingerprint density at radius 1 is 0.348 bits per heavy atom. The second-order valence-corrected chi connectivity index (χ2v) is 18.9. The molecule has 0 spiro atoms. The van der Waals surface area contributed by atoms with Gasteiger partial charge in [0.05, 0.1) is 22.1 Å². The van der Waals surface area contributed by atoms with E-state index in [0.717, 1.165) is 34.0 Å². The van der Waals surface area contributed by atoms with Gasteiger partial charge in [0.25, 0.3) is 0 Å². The van der Waals surface area contributed by atoms with Crippen LogP contribution in [0.25, 0.3) is 119 Å². The van der Waals surface area contributed by atoms with E-state index in [0.29, 0.717) is 0 Å². The Hall–Kier alpha value is -8.18. The second-order valence-electron chi connectivity index (χ2n) is 17.8. The predicted molar refractivity (Wildman–Crippen MR) is 280 cm³/mol. The Morgan fingerprint density at radius 2 is 0.818 bits per heavy atom. The first-order valence-corrected chi connectivity index (χ1v) is 23.5. The number of benzene rings is 10. The summed E-state index contributed by atoms with van der Waals surface area (Å²) in [6.45, 7) is 2.13. The summed E-state index contributed by atoms with van der Waals surface area (Å²) in [5, 5.41) is 9.99. The quantitative estimate of drug-likeness (QED) is 0.163. The lowest BCUT2D eigenvalue weighted by Gasteiger charge is -2.10. The second kappa shape index (κ2) is 14.4. The fourth-order valence-electron chi connectivity index (χ4n) is 10.6. The number of fused-ring (bicyclic) bond motifs is 12. The van der Waals surface area contributed by atoms with E-state index in [4.69, 9.17) is 4.42 Å². The molecule has 0 radical (unpaired) electrons. The molecule has 0 aliphatic heterocycles. The molecule has 14 rings (SSSR count). The van der Waals surface area contributed by atoms with E-state index in [-0.39, 0.29) is 0 Å². The predicted octanol–water partition coefficient (Wildman–Crippen LogP) is 17.4. The van der Waals surface area contributed by atoms with E-state index >= 15 is 0 Å². The number of aryl methyl sites for hydroxylation is 1. The molecule has 3 nitrogen and oxygen atoms in total. The molecule has 0 aliphatic rings. The van der Waals surface area contributed by atoms with E-state index in [1.54, 1.807) is 0 Å². The van der Waals surface area contributed by atoms with Crippen molar-refractivity contribution in [1.29, 1.82) is 0 Å². The SMILES string of the molecule is Cc1ccc2oc3ccc(-c4ccc5c(c4)c4ccccc4n5-c4ccc(Cc5ccc6sc7ccc(-c8ccc9c(c8)c8ccccc8n9-c8ccccc8)cc7c6c5)cc4)cc3c2c1. The molecule has 4 heterocycles. The molecule has 0 aliphatic carbocycles. The van der Waals surface area contributed by atoms with Gasteiger partial charge in [-0.25, -0.2) is 0 Å². The summed E-state index contributed by atoms with van der Waals surface area (Å²) in [6, 6.07) is 78.3. The van der Waals surface area contributed by atoms with Gasteiger partial charge in [-0.2, -0.15) is 0 Å². The van der Waals surface area contributed by atoms with Crippen LogP contribution in [-0.4, -0.2) is 9.13 Å². The average molecular weight is 861 g/mol. The minimum absolute atomic E-state index is 0.863. The van der Waals surface area contributed by atoms with Crippen molar-refractivity contribution in [2.75, 3.05) is 0 Å². The lowest BCUT2D eigenvalue weighted by Crippen LogP contribution is -1.95. The molecular weight excluding hydrogens is 821 g/mol. The zero-order valence-corrected chi connectivity index (χ0v) is 36.9. The minimum atomic E-state index is 0.863. The molecule has 0 N–H and O–H groups in total. The molecule has 0 saturated heterocycles. The van der Waals surface area contributed by atoms with E-state index in [1.807, 2.05) is 11.3 Å². The first-order chi connectivity index (χ1) is 32.6. The summed E-state index contributed by atoms with van der Waals surface area (Å²) in [5.74, 6) is 0. The molecule has 14 aromatic rings. The van der Waals surface area contributed by atoms with Gasteiger partial charge in [0.1, 0.15) is 11.2 Å². The number of furan rings is 1. The van der Waals surface area contributed by atoms with E-state index < -0.39 is 0 Å². The van der Waals surface area contributed by atoms with Gasteiger partial charge in [-0.3, -0.25) is 0 Å². The third-order valence-corrected chi connectivity index (χ3v) is 14.9. The van der Waals surface area contributed by atoms with Crippen molar-refractivity contribution in [3.63, 3.8) is 0 Å². The lowest BCUT2D eigenvalue weighted by atomic mass is 9.99. The number of rotatable bonds is 6. The summed E-state index contributed by atoms with van der Waals surface area (Å²) in [7, 11) is 0. The Balaban J connectivity index is 0.784. The number of aromatic nitrogens is 2. The van der Waals surface area contributed by atoms with E-state index in [9.17, 15) is 0 Å². The molecule has 0 bridgehead atoms.